The van der Waals surface area contributed by atoms with Crippen LogP contribution in [0.15, 0.2) is 12.1 Å². The molecule has 0 fully saturated rings. The maximum Gasteiger partial charge on any atom is 0.241 e. The van der Waals surface area contributed by atoms with E-state index in [1.807, 2.05) is 0 Å². The smallest absolute Gasteiger partial charge is 0.241 e. The topological polar surface area (TPSA) is 32.3 Å². The number of hydrogen-bond donors (Lipinski definition) is 1. The van der Waals surface area contributed by atoms with Crippen molar-refractivity contribution >= 4 is 11.6 Å². The Morgan fingerprint density at radius 3 is 2.12 bits per heavy atom. The Kier molecular flexibility index (Phi) is 3.93. The second-order valence-electron chi connectivity index (χ2n) is 4.42. The fraction of sp³-hybridized carbons (Fsp3) is 0.462. The standard InChI is InChI=1S/C13H20N2O/c1-9-6-10(2)13(11(3)7-9)14-8-12(16)15(4)5/h6-7,14H,8H2,1-5H3. The summed E-state index contributed by atoms with van der Waals surface area (Å²) in [5.41, 5.74) is 4.69. The average molecular weight is 220 g/mol. The number of nitrogens with zero attached hydrogens (tertiary/aromatic N) is 1. The fourth-order valence-corrected chi connectivity index (χ4v) is 1.78. The zero-order valence-corrected chi connectivity index (χ0v) is 10.7. The van der Waals surface area contributed by atoms with Crippen molar-refractivity contribution in [1.29, 1.82) is 0 Å². The molecule has 1 amide bonds. The molecule has 1 aromatic rings. The number of carbonyl (C=O) groups excluding carboxylic acids is 1. The Morgan fingerprint density at radius 1 is 1.19 bits per heavy atom. The van der Waals surface area contributed by atoms with Crippen molar-refractivity contribution in [2.24, 2.45) is 0 Å². The average Bonchev–Trinajstić information content (AvgIpc) is 2.15. The number of rotatable bonds is 3. The lowest BCUT2D eigenvalue weighted by atomic mass is 10.1. The summed E-state index contributed by atoms with van der Waals surface area (Å²) in [7, 11) is 3.53. The Hall–Kier alpha value is -1.51. The quantitative estimate of drug-likeness (QED) is 0.846. The summed E-state index contributed by atoms with van der Waals surface area (Å²) in [6.45, 7) is 6.54. The predicted octanol–water partition coefficient (Wildman–Crippen LogP) is 2.11. The van der Waals surface area contributed by atoms with Crippen molar-refractivity contribution < 1.29 is 4.79 Å². The van der Waals surface area contributed by atoms with Crippen LogP contribution in [0, 0.1) is 20.8 Å². The van der Waals surface area contributed by atoms with E-state index in [9.17, 15) is 4.79 Å². The van der Waals surface area contributed by atoms with Gasteiger partial charge in [-0.05, 0) is 31.9 Å². The highest BCUT2D eigenvalue weighted by Gasteiger charge is 2.07. The van der Waals surface area contributed by atoms with Crippen molar-refractivity contribution in [3.63, 3.8) is 0 Å². The molecule has 0 aliphatic carbocycles. The van der Waals surface area contributed by atoms with Crippen LogP contribution in [0.1, 0.15) is 16.7 Å². The molecule has 0 spiro atoms. The maximum atomic E-state index is 11.5. The van der Waals surface area contributed by atoms with E-state index in [-0.39, 0.29) is 5.91 Å². The molecule has 0 aliphatic heterocycles. The van der Waals surface area contributed by atoms with Gasteiger partial charge in [0.25, 0.3) is 0 Å². The lowest BCUT2D eigenvalue weighted by molar-refractivity contribution is -0.126. The second kappa shape index (κ2) is 5.01. The highest BCUT2D eigenvalue weighted by atomic mass is 16.2. The molecule has 0 heterocycles. The van der Waals surface area contributed by atoms with E-state index in [4.69, 9.17) is 0 Å². The summed E-state index contributed by atoms with van der Waals surface area (Å²) in [5.74, 6) is 0.0828. The molecule has 16 heavy (non-hydrogen) atoms. The highest BCUT2D eigenvalue weighted by molar-refractivity contribution is 5.81. The van der Waals surface area contributed by atoms with Crippen LogP contribution in [0.2, 0.25) is 0 Å². The lowest BCUT2D eigenvalue weighted by Gasteiger charge is -2.15. The van der Waals surface area contributed by atoms with Gasteiger partial charge >= 0.3 is 0 Å². The number of aryl methyl sites for hydroxylation is 3. The SMILES string of the molecule is Cc1cc(C)c(NCC(=O)N(C)C)c(C)c1. The first-order chi connectivity index (χ1) is 7.41. The third kappa shape index (κ3) is 2.99. The summed E-state index contributed by atoms with van der Waals surface area (Å²) in [5, 5.41) is 3.20. The number of nitrogens with one attached hydrogen (secondary N) is 1. The van der Waals surface area contributed by atoms with Crippen molar-refractivity contribution in [3.05, 3.63) is 28.8 Å². The number of carbonyl (C=O) groups is 1. The summed E-state index contributed by atoms with van der Waals surface area (Å²) in [6, 6.07) is 4.24. The van der Waals surface area contributed by atoms with Gasteiger partial charge in [-0.3, -0.25) is 4.79 Å². The van der Waals surface area contributed by atoms with Gasteiger partial charge < -0.3 is 10.2 Å². The Morgan fingerprint density at radius 2 is 1.69 bits per heavy atom. The molecule has 1 N–H and O–H groups in total. The van der Waals surface area contributed by atoms with Crippen LogP contribution in [0.4, 0.5) is 5.69 Å². The molecule has 88 valence electrons. The molecule has 0 aliphatic rings. The zero-order valence-electron chi connectivity index (χ0n) is 10.7. The largest absolute Gasteiger partial charge is 0.376 e. The van der Waals surface area contributed by atoms with Crippen LogP contribution < -0.4 is 5.32 Å². The molecule has 0 saturated heterocycles. The minimum atomic E-state index is 0.0828. The first kappa shape index (κ1) is 12.6. The van der Waals surface area contributed by atoms with Gasteiger partial charge in [-0.25, -0.2) is 0 Å². The minimum Gasteiger partial charge on any atom is -0.376 e. The van der Waals surface area contributed by atoms with E-state index in [0.29, 0.717) is 6.54 Å². The molecular formula is C13H20N2O. The molecule has 1 aromatic carbocycles. The third-order valence-electron chi connectivity index (χ3n) is 2.59. The van der Waals surface area contributed by atoms with Gasteiger partial charge in [0.2, 0.25) is 5.91 Å². The maximum absolute atomic E-state index is 11.5. The number of hydrogen-bond acceptors (Lipinski definition) is 2. The van der Waals surface area contributed by atoms with Gasteiger partial charge in [0, 0.05) is 19.8 Å². The first-order valence-electron chi connectivity index (χ1n) is 5.43. The van der Waals surface area contributed by atoms with Crippen LogP contribution in [-0.4, -0.2) is 31.4 Å². The monoisotopic (exact) mass is 220 g/mol. The van der Waals surface area contributed by atoms with Crippen molar-refractivity contribution in [1.82, 2.24) is 4.90 Å². The lowest BCUT2D eigenvalue weighted by Crippen LogP contribution is -2.28. The van der Waals surface area contributed by atoms with Crippen molar-refractivity contribution in [3.8, 4) is 0 Å². The minimum absolute atomic E-state index is 0.0828. The van der Waals surface area contributed by atoms with Gasteiger partial charge in [-0.2, -0.15) is 0 Å². The zero-order chi connectivity index (χ0) is 12.3. The van der Waals surface area contributed by atoms with Crippen LogP contribution in [0.25, 0.3) is 0 Å². The van der Waals surface area contributed by atoms with Gasteiger partial charge in [0.15, 0.2) is 0 Å². The van der Waals surface area contributed by atoms with E-state index < -0.39 is 0 Å². The van der Waals surface area contributed by atoms with Crippen LogP contribution in [0.5, 0.6) is 0 Å². The number of anilines is 1. The predicted molar refractivity (Wildman–Crippen MR) is 67.8 cm³/mol. The molecule has 0 unspecified atom stereocenters. The van der Waals surface area contributed by atoms with E-state index in [1.54, 1.807) is 19.0 Å². The van der Waals surface area contributed by atoms with Gasteiger partial charge in [-0.15, -0.1) is 0 Å². The molecular weight excluding hydrogens is 200 g/mol. The van der Waals surface area contributed by atoms with Crippen LogP contribution >= 0.6 is 0 Å². The van der Waals surface area contributed by atoms with Crippen LogP contribution in [-0.2, 0) is 4.79 Å². The fourth-order valence-electron chi connectivity index (χ4n) is 1.78. The van der Waals surface area contributed by atoms with E-state index in [2.05, 4.69) is 38.2 Å². The molecule has 0 aromatic heterocycles. The number of benzene rings is 1. The van der Waals surface area contributed by atoms with Crippen molar-refractivity contribution in [2.75, 3.05) is 26.0 Å². The Bertz CT molecular complexity index is 374. The molecule has 0 saturated carbocycles. The number of likely N-dealkylation sites (N-methyl/N-ethyl adjacent to an activating group) is 1. The van der Waals surface area contributed by atoms with E-state index >= 15 is 0 Å². The summed E-state index contributed by atoms with van der Waals surface area (Å²) >= 11 is 0. The summed E-state index contributed by atoms with van der Waals surface area (Å²) in [6.07, 6.45) is 0. The molecule has 1 rings (SSSR count). The summed E-state index contributed by atoms with van der Waals surface area (Å²) < 4.78 is 0. The Labute approximate surface area is 97.5 Å². The Balaban J connectivity index is 2.78. The van der Waals surface area contributed by atoms with Gasteiger partial charge in [-0.1, -0.05) is 17.7 Å². The molecule has 0 radical (unpaired) electrons. The van der Waals surface area contributed by atoms with E-state index in [1.165, 1.54) is 16.7 Å². The normalized spacial score (nSPS) is 10.1. The summed E-state index contributed by atoms with van der Waals surface area (Å²) in [4.78, 5) is 13.1. The van der Waals surface area contributed by atoms with Gasteiger partial charge in [0.1, 0.15) is 0 Å². The molecule has 3 nitrogen and oxygen atoms in total. The van der Waals surface area contributed by atoms with Gasteiger partial charge in [0.05, 0.1) is 6.54 Å². The third-order valence-corrected chi connectivity index (χ3v) is 2.59. The van der Waals surface area contributed by atoms with Crippen molar-refractivity contribution in [2.45, 2.75) is 20.8 Å². The van der Waals surface area contributed by atoms with Crippen LogP contribution in [0.3, 0.4) is 0 Å². The first-order valence-corrected chi connectivity index (χ1v) is 5.43. The molecule has 0 atom stereocenters. The molecule has 3 heteroatoms. The molecule has 0 bridgehead atoms. The number of amides is 1. The second-order valence-corrected chi connectivity index (χ2v) is 4.42. The van der Waals surface area contributed by atoms with E-state index in [0.717, 1.165) is 5.69 Å². The highest BCUT2D eigenvalue weighted by Crippen LogP contribution is 2.21.